The van der Waals surface area contributed by atoms with Crippen molar-refractivity contribution in [1.82, 2.24) is 15.6 Å². The lowest BCUT2D eigenvalue weighted by Gasteiger charge is -2.31. The standard InChI is InChI=1S/C16H27N3O3/c1-12-9-17-13(21-12)10-19-16(7-5-6-8-16)11-18-14(20)22-15(2,3)4/h9,19H,5-8,10-11H2,1-4H3,(H,18,20). The van der Waals surface area contributed by atoms with Crippen molar-refractivity contribution >= 4 is 6.09 Å². The lowest BCUT2D eigenvalue weighted by molar-refractivity contribution is 0.0509. The molecular weight excluding hydrogens is 282 g/mol. The monoisotopic (exact) mass is 309 g/mol. The molecule has 2 rings (SSSR count). The SMILES string of the molecule is Cc1cnc(CNC2(CNC(=O)OC(C)(C)C)CCCC2)o1. The highest BCUT2D eigenvalue weighted by atomic mass is 16.6. The van der Waals surface area contributed by atoms with Crippen LogP contribution in [-0.4, -0.2) is 28.8 Å². The van der Waals surface area contributed by atoms with Crippen molar-refractivity contribution in [3.8, 4) is 0 Å². The number of aryl methyl sites for hydroxylation is 1. The summed E-state index contributed by atoms with van der Waals surface area (Å²) in [5.41, 5.74) is -0.574. The largest absolute Gasteiger partial charge is 0.445 e. The van der Waals surface area contributed by atoms with E-state index in [1.807, 2.05) is 27.7 Å². The van der Waals surface area contributed by atoms with Crippen LogP contribution >= 0.6 is 0 Å². The van der Waals surface area contributed by atoms with Gasteiger partial charge in [0.2, 0.25) is 5.89 Å². The van der Waals surface area contributed by atoms with Crippen LogP contribution in [-0.2, 0) is 11.3 Å². The van der Waals surface area contributed by atoms with E-state index in [2.05, 4.69) is 15.6 Å². The van der Waals surface area contributed by atoms with Crippen LogP contribution in [0.15, 0.2) is 10.6 Å². The minimum absolute atomic E-state index is 0.0979. The molecule has 1 aromatic heterocycles. The second-order valence-electron chi connectivity index (χ2n) is 7.06. The molecule has 6 nitrogen and oxygen atoms in total. The smallest absolute Gasteiger partial charge is 0.407 e. The van der Waals surface area contributed by atoms with Gasteiger partial charge in [-0.05, 0) is 40.5 Å². The first-order valence-electron chi connectivity index (χ1n) is 7.91. The number of rotatable bonds is 5. The average Bonchev–Trinajstić information content (AvgIpc) is 3.02. The summed E-state index contributed by atoms with van der Waals surface area (Å²) >= 11 is 0. The number of carbonyl (C=O) groups excluding carboxylic acids is 1. The van der Waals surface area contributed by atoms with Crippen LogP contribution in [0, 0.1) is 6.92 Å². The predicted molar refractivity (Wildman–Crippen MR) is 83.5 cm³/mol. The highest BCUT2D eigenvalue weighted by Crippen LogP contribution is 2.29. The third-order valence-electron chi connectivity index (χ3n) is 3.81. The highest BCUT2D eigenvalue weighted by molar-refractivity contribution is 5.67. The van der Waals surface area contributed by atoms with Gasteiger partial charge in [-0.25, -0.2) is 9.78 Å². The van der Waals surface area contributed by atoms with Crippen LogP contribution in [0.3, 0.4) is 0 Å². The van der Waals surface area contributed by atoms with Gasteiger partial charge < -0.3 is 19.8 Å². The fraction of sp³-hybridized carbons (Fsp3) is 0.750. The molecule has 1 saturated carbocycles. The molecule has 0 unspecified atom stereocenters. The zero-order valence-electron chi connectivity index (χ0n) is 14.0. The molecule has 0 atom stereocenters. The van der Waals surface area contributed by atoms with Gasteiger partial charge >= 0.3 is 6.09 Å². The lowest BCUT2D eigenvalue weighted by atomic mass is 9.97. The molecule has 0 saturated heterocycles. The Labute approximate surface area is 132 Å². The maximum absolute atomic E-state index is 11.8. The van der Waals surface area contributed by atoms with E-state index in [4.69, 9.17) is 9.15 Å². The van der Waals surface area contributed by atoms with E-state index in [1.165, 1.54) is 0 Å². The Bertz CT molecular complexity index is 499. The van der Waals surface area contributed by atoms with E-state index in [0.717, 1.165) is 31.4 Å². The van der Waals surface area contributed by atoms with Gasteiger partial charge in [-0.15, -0.1) is 0 Å². The molecule has 1 aliphatic rings. The molecule has 0 aromatic carbocycles. The van der Waals surface area contributed by atoms with Gasteiger partial charge in [-0.1, -0.05) is 12.8 Å². The summed E-state index contributed by atoms with van der Waals surface area (Å²) in [6, 6.07) is 0. The summed E-state index contributed by atoms with van der Waals surface area (Å²) < 4.78 is 10.8. The molecule has 0 aliphatic heterocycles. The van der Waals surface area contributed by atoms with Crippen LogP contribution in [0.5, 0.6) is 0 Å². The van der Waals surface area contributed by atoms with Crippen molar-refractivity contribution in [3.05, 3.63) is 17.8 Å². The third-order valence-corrected chi connectivity index (χ3v) is 3.81. The van der Waals surface area contributed by atoms with Gasteiger partial charge in [0, 0.05) is 12.1 Å². The van der Waals surface area contributed by atoms with Gasteiger partial charge in [0.25, 0.3) is 0 Å². The quantitative estimate of drug-likeness (QED) is 0.874. The van der Waals surface area contributed by atoms with Crippen molar-refractivity contribution in [2.24, 2.45) is 0 Å². The molecule has 2 N–H and O–H groups in total. The molecule has 1 aliphatic carbocycles. The normalized spacial score (nSPS) is 17.5. The Hall–Kier alpha value is -1.56. The minimum Gasteiger partial charge on any atom is -0.445 e. The Morgan fingerprint density at radius 2 is 2.09 bits per heavy atom. The number of nitrogens with zero attached hydrogens (tertiary/aromatic N) is 1. The van der Waals surface area contributed by atoms with Crippen molar-refractivity contribution in [2.45, 2.75) is 71.1 Å². The van der Waals surface area contributed by atoms with E-state index in [1.54, 1.807) is 6.20 Å². The van der Waals surface area contributed by atoms with Crippen LogP contribution in [0.2, 0.25) is 0 Å². The molecular formula is C16H27N3O3. The molecule has 1 fully saturated rings. The first-order valence-corrected chi connectivity index (χ1v) is 7.91. The summed E-state index contributed by atoms with van der Waals surface area (Å²) in [5, 5.41) is 6.41. The number of aromatic nitrogens is 1. The van der Waals surface area contributed by atoms with Crippen molar-refractivity contribution in [3.63, 3.8) is 0 Å². The number of carbonyl (C=O) groups is 1. The number of hydrogen-bond donors (Lipinski definition) is 2. The molecule has 6 heteroatoms. The molecule has 0 spiro atoms. The van der Waals surface area contributed by atoms with Crippen molar-refractivity contribution < 1.29 is 13.9 Å². The zero-order chi connectivity index (χ0) is 16.2. The zero-order valence-corrected chi connectivity index (χ0v) is 14.0. The minimum atomic E-state index is -0.476. The second-order valence-corrected chi connectivity index (χ2v) is 7.06. The van der Waals surface area contributed by atoms with Crippen LogP contribution in [0.1, 0.15) is 58.1 Å². The maximum Gasteiger partial charge on any atom is 0.407 e. The third kappa shape index (κ3) is 5.02. The number of ether oxygens (including phenoxy) is 1. The Kier molecular flexibility index (Phi) is 5.11. The van der Waals surface area contributed by atoms with E-state index < -0.39 is 5.60 Å². The van der Waals surface area contributed by atoms with Crippen LogP contribution < -0.4 is 10.6 Å². The molecule has 1 amide bonds. The van der Waals surface area contributed by atoms with Gasteiger partial charge in [0.05, 0.1) is 12.7 Å². The van der Waals surface area contributed by atoms with Gasteiger partial charge in [0.15, 0.2) is 0 Å². The van der Waals surface area contributed by atoms with Crippen molar-refractivity contribution in [2.75, 3.05) is 6.54 Å². The number of alkyl carbamates (subject to hydrolysis) is 1. The Morgan fingerprint density at radius 1 is 1.41 bits per heavy atom. The Balaban J connectivity index is 1.87. The molecule has 0 radical (unpaired) electrons. The number of hydrogen-bond acceptors (Lipinski definition) is 5. The summed E-state index contributed by atoms with van der Waals surface area (Å²) in [6.07, 6.45) is 5.73. The fourth-order valence-electron chi connectivity index (χ4n) is 2.77. The second kappa shape index (κ2) is 6.69. The fourth-order valence-corrected chi connectivity index (χ4v) is 2.77. The van der Waals surface area contributed by atoms with Gasteiger partial charge in [-0.2, -0.15) is 0 Å². The maximum atomic E-state index is 11.8. The first-order chi connectivity index (χ1) is 10.3. The molecule has 0 bridgehead atoms. The van der Waals surface area contributed by atoms with E-state index >= 15 is 0 Å². The summed E-state index contributed by atoms with van der Waals surface area (Å²) in [4.78, 5) is 16.1. The van der Waals surface area contributed by atoms with Crippen molar-refractivity contribution in [1.29, 1.82) is 0 Å². The molecule has 22 heavy (non-hydrogen) atoms. The van der Waals surface area contributed by atoms with Crippen LogP contribution in [0.25, 0.3) is 0 Å². The van der Waals surface area contributed by atoms with Gasteiger partial charge in [-0.3, -0.25) is 0 Å². The molecule has 1 heterocycles. The summed E-state index contributed by atoms with van der Waals surface area (Å²) in [6.45, 7) is 8.60. The highest BCUT2D eigenvalue weighted by Gasteiger charge is 2.34. The van der Waals surface area contributed by atoms with E-state index in [0.29, 0.717) is 19.0 Å². The molecule has 1 aromatic rings. The van der Waals surface area contributed by atoms with E-state index in [9.17, 15) is 4.79 Å². The number of oxazole rings is 1. The topological polar surface area (TPSA) is 76.4 Å². The molecule has 124 valence electrons. The lowest BCUT2D eigenvalue weighted by Crippen LogP contribution is -2.52. The summed E-state index contributed by atoms with van der Waals surface area (Å²) in [5.74, 6) is 1.49. The average molecular weight is 309 g/mol. The van der Waals surface area contributed by atoms with Gasteiger partial charge in [0.1, 0.15) is 11.4 Å². The Morgan fingerprint density at radius 3 is 2.64 bits per heavy atom. The number of nitrogens with one attached hydrogen (secondary N) is 2. The predicted octanol–water partition coefficient (Wildman–Crippen LogP) is 2.91. The number of amides is 1. The summed E-state index contributed by atoms with van der Waals surface area (Å²) in [7, 11) is 0. The first kappa shape index (κ1) is 16.8. The van der Waals surface area contributed by atoms with E-state index in [-0.39, 0.29) is 11.6 Å². The van der Waals surface area contributed by atoms with Crippen LogP contribution in [0.4, 0.5) is 4.79 Å².